The van der Waals surface area contributed by atoms with Gasteiger partial charge >= 0.3 is 5.97 Å². The molecule has 1 atom stereocenters. The number of thiazole rings is 1. The number of aromatic nitrogens is 1. The number of hydrogen-bond donors (Lipinski definition) is 0. The first-order chi connectivity index (χ1) is 18.5. The van der Waals surface area contributed by atoms with E-state index in [0.717, 1.165) is 35.2 Å². The van der Waals surface area contributed by atoms with Gasteiger partial charge in [-0.2, -0.15) is 0 Å². The van der Waals surface area contributed by atoms with E-state index >= 15 is 0 Å². The van der Waals surface area contributed by atoms with E-state index in [1.54, 1.807) is 16.7 Å². The Hall–Kier alpha value is -3.94. The Kier molecular flexibility index (Phi) is 6.47. The minimum absolute atomic E-state index is 0.146. The quantitative estimate of drug-likeness (QED) is 0.348. The molecule has 0 saturated carbocycles. The Balaban J connectivity index is 1.55. The molecule has 4 aromatic rings. The van der Waals surface area contributed by atoms with Gasteiger partial charge in [-0.25, -0.2) is 9.79 Å². The van der Waals surface area contributed by atoms with E-state index in [9.17, 15) is 9.59 Å². The summed E-state index contributed by atoms with van der Waals surface area (Å²) in [6, 6.07) is 22.9. The van der Waals surface area contributed by atoms with Crippen LogP contribution in [-0.2, 0) is 16.0 Å². The van der Waals surface area contributed by atoms with Crippen LogP contribution in [0.25, 0.3) is 11.8 Å². The predicted molar refractivity (Wildman–Crippen MR) is 148 cm³/mol. The molecule has 0 fully saturated rings. The topological polar surface area (TPSA) is 69.9 Å². The molecule has 1 aliphatic carbocycles. The Bertz CT molecular complexity index is 1790. The summed E-state index contributed by atoms with van der Waals surface area (Å²) in [5, 5.41) is 0.612. The fourth-order valence-corrected chi connectivity index (χ4v) is 6.29. The Morgan fingerprint density at radius 3 is 2.68 bits per heavy atom. The number of halogens is 1. The first-order valence-electron chi connectivity index (χ1n) is 12.2. The van der Waals surface area contributed by atoms with Crippen molar-refractivity contribution in [1.29, 1.82) is 0 Å². The number of carbonyl (C=O) groups is 1. The van der Waals surface area contributed by atoms with Crippen molar-refractivity contribution in [3.05, 3.63) is 125 Å². The molecule has 8 heteroatoms. The zero-order chi connectivity index (χ0) is 26.2. The molecule has 2 heterocycles. The minimum Gasteiger partial charge on any atom is -0.481 e. The van der Waals surface area contributed by atoms with Crippen LogP contribution in [0.15, 0.2) is 88.2 Å². The summed E-state index contributed by atoms with van der Waals surface area (Å²) in [5.41, 5.74) is 5.79. The number of ether oxygens (including phenoxy) is 2. The molecular formula is C30H23ClN2O4S. The minimum atomic E-state index is -0.482. The average molecular weight is 543 g/mol. The second-order valence-electron chi connectivity index (χ2n) is 9.04. The first kappa shape index (κ1) is 24.4. The van der Waals surface area contributed by atoms with Crippen molar-refractivity contribution in [2.75, 3.05) is 13.7 Å². The number of para-hydroxylation sites is 1. The number of fused-ring (bicyclic) bond motifs is 3. The van der Waals surface area contributed by atoms with Crippen LogP contribution in [0.5, 0.6) is 5.75 Å². The summed E-state index contributed by atoms with van der Waals surface area (Å²) < 4.78 is 12.6. The van der Waals surface area contributed by atoms with Crippen LogP contribution >= 0.6 is 22.9 Å². The number of allylic oxidation sites excluding steroid dienone is 1. The zero-order valence-electron chi connectivity index (χ0n) is 20.5. The molecule has 0 radical (unpaired) electrons. The molecule has 0 N–H and O–H groups in total. The first-order valence-corrected chi connectivity index (χ1v) is 13.4. The van der Waals surface area contributed by atoms with Gasteiger partial charge in [0.15, 0.2) is 11.4 Å². The van der Waals surface area contributed by atoms with Gasteiger partial charge in [0.25, 0.3) is 5.56 Å². The van der Waals surface area contributed by atoms with E-state index in [0.29, 0.717) is 25.7 Å². The smallest absolute Gasteiger partial charge is 0.343 e. The third-order valence-electron chi connectivity index (χ3n) is 6.85. The van der Waals surface area contributed by atoms with Crippen LogP contribution in [-0.4, -0.2) is 24.3 Å². The molecule has 0 spiro atoms. The molecule has 1 aromatic heterocycles. The van der Waals surface area contributed by atoms with E-state index in [1.807, 2.05) is 54.6 Å². The van der Waals surface area contributed by atoms with E-state index in [1.165, 1.54) is 24.0 Å². The second kappa shape index (κ2) is 10.1. The van der Waals surface area contributed by atoms with E-state index in [4.69, 9.17) is 21.3 Å². The number of esters is 1. The van der Waals surface area contributed by atoms with Gasteiger partial charge in [0.05, 0.1) is 23.4 Å². The van der Waals surface area contributed by atoms with Crippen molar-refractivity contribution in [1.82, 2.24) is 4.57 Å². The van der Waals surface area contributed by atoms with Gasteiger partial charge in [-0.15, -0.1) is 0 Å². The fraction of sp³-hybridized carbons (Fsp3) is 0.167. The highest BCUT2D eigenvalue weighted by Gasteiger charge is 2.33. The number of methoxy groups -OCH3 is 1. The predicted octanol–water partition coefficient (Wildman–Crippen LogP) is 4.52. The summed E-state index contributed by atoms with van der Waals surface area (Å²) >= 11 is 8.04. The molecule has 6 nitrogen and oxygen atoms in total. The van der Waals surface area contributed by atoms with Gasteiger partial charge in [-0.3, -0.25) is 9.36 Å². The second-order valence-corrected chi connectivity index (χ2v) is 10.5. The number of benzene rings is 3. The molecular weight excluding hydrogens is 520 g/mol. The third-order valence-corrected chi connectivity index (χ3v) is 8.18. The lowest BCUT2D eigenvalue weighted by Gasteiger charge is -2.31. The molecule has 2 aliphatic rings. The van der Waals surface area contributed by atoms with Crippen molar-refractivity contribution in [3.63, 3.8) is 0 Å². The van der Waals surface area contributed by atoms with Crippen LogP contribution in [0.1, 0.15) is 34.7 Å². The Labute approximate surface area is 227 Å². The van der Waals surface area contributed by atoms with Gasteiger partial charge in [-0.05, 0) is 47.8 Å². The third kappa shape index (κ3) is 4.27. The summed E-state index contributed by atoms with van der Waals surface area (Å²) in [6.07, 6.45) is 3.46. The molecule has 6 rings (SSSR count). The average Bonchev–Trinajstić information content (AvgIpc) is 3.25. The van der Waals surface area contributed by atoms with Crippen LogP contribution in [0, 0.1) is 0 Å². The van der Waals surface area contributed by atoms with E-state index in [2.05, 4.69) is 16.9 Å². The van der Waals surface area contributed by atoms with Crippen molar-refractivity contribution in [3.8, 4) is 5.75 Å². The SMILES string of the molecule is COC(=O)COc1ccccc1C=c1sc2n(c1=O)C(c1ccccc1Cl)C1=C(N=2)c2ccccc2CC1. The number of nitrogens with zero attached hydrogens (tertiary/aromatic N) is 2. The normalized spacial score (nSPS) is 16.3. The largest absolute Gasteiger partial charge is 0.481 e. The van der Waals surface area contributed by atoms with Gasteiger partial charge in [-0.1, -0.05) is 83.6 Å². The molecule has 190 valence electrons. The summed E-state index contributed by atoms with van der Waals surface area (Å²) in [7, 11) is 1.31. The number of aryl methyl sites for hydroxylation is 1. The van der Waals surface area contributed by atoms with Gasteiger partial charge in [0.2, 0.25) is 0 Å². The molecule has 0 amide bonds. The zero-order valence-corrected chi connectivity index (χ0v) is 22.1. The maximum absolute atomic E-state index is 14.0. The molecule has 1 unspecified atom stereocenters. The van der Waals surface area contributed by atoms with Crippen molar-refractivity contribution in [2.45, 2.75) is 18.9 Å². The molecule has 0 saturated heterocycles. The van der Waals surface area contributed by atoms with Gasteiger partial charge in [0, 0.05) is 16.1 Å². The van der Waals surface area contributed by atoms with Crippen molar-refractivity contribution in [2.24, 2.45) is 4.99 Å². The van der Waals surface area contributed by atoms with E-state index < -0.39 is 5.97 Å². The van der Waals surface area contributed by atoms with Crippen LogP contribution in [0.3, 0.4) is 0 Å². The molecule has 1 aliphatic heterocycles. The van der Waals surface area contributed by atoms with Crippen LogP contribution in [0.4, 0.5) is 0 Å². The van der Waals surface area contributed by atoms with Gasteiger partial charge < -0.3 is 9.47 Å². The van der Waals surface area contributed by atoms with Crippen LogP contribution < -0.4 is 19.6 Å². The highest BCUT2D eigenvalue weighted by Crippen LogP contribution is 2.42. The van der Waals surface area contributed by atoms with E-state index in [-0.39, 0.29) is 18.2 Å². The summed E-state index contributed by atoms with van der Waals surface area (Å²) in [4.78, 5) is 31.2. The Morgan fingerprint density at radius 1 is 1.08 bits per heavy atom. The highest BCUT2D eigenvalue weighted by atomic mass is 35.5. The Morgan fingerprint density at radius 2 is 1.84 bits per heavy atom. The molecule has 38 heavy (non-hydrogen) atoms. The summed E-state index contributed by atoms with van der Waals surface area (Å²) in [6.45, 7) is -0.221. The molecule has 3 aromatic carbocycles. The van der Waals surface area contributed by atoms with Gasteiger partial charge in [0.1, 0.15) is 5.75 Å². The lowest BCUT2D eigenvalue weighted by molar-refractivity contribution is -0.142. The lowest BCUT2D eigenvalue weighted by Crippen LogP contribution is -2.38. The maximum atomic E-state index is 14.0. The number of rotatable bonds is 5. The molecule has 0 bridgehead atoms. The monoisotopic (exact) mass is 542 g/mol. The van der Waals surface area contributed by atoms with Crippen molar-refractivity contribution >= 4 is 40.7 Å². The standard InChI is InChI=1S/C30H23ClN2O4S/c1-36-26(34)17-37-24-13-7-3-9-19(24)16-25-29(35)33-28(21-11-5-6-12-23(21)31)22-15-14-18-8-2-4-10-20(18)27(22)32-30(33)38-25/h2-13,16,28H,14-15,17H2,1H3. The fourth-order valence-electron chi connectivity index (χ4n) is 5.06. The number of carbonyl (C=O) groups excluding carboxylic acids is 1. The summed E-state index contributed by atoms with van der Waals surface area (Å²) in [5.74, 6) is 0.00406. The maximum Gasteiger partial charge on any atom is 0.343 e. The number of hydrogen-bond acceptors (Lipinski definition) is 6. The lowest BCUT2D eigenvalue weighted by atomic mass is 9.83. The van der Waals surface area contributed by atoms with Crippen LogP contribution in [0.2, 0.25) is 5.02 Å². The van der Waals surface area contributed by atoms with Crippen molar-refractivity contribution < 1.29 is 14.3 Å². The highest BCUT2D eigenvalue weighted by molar-refractivity contribution is 7.07.